The fourth-order valence-corrected chi connectivity index (χ4v) is 3.11. The van der Waals surface area contributed by atoms with E-state index >= 15 is 0 Å². The number of nitrogens with two attached hydrogens (primary N) is 1. The summed E-state index contributed by atoms with van der Waals surface area (Å²) in [5.41, 5.74) is 4.15. The maximum atomic E-state index is 13.1. The highest BCUT2D eigenvalue weighted by atomic mass is 35.5. The smallest absolute Gasteiger partial charge is 0.435 e. The van der Waals surface area contributed by atoms with E-state index < -0.39 is 11.9 Å². The first-order valence-corrected chi connectivity index (χ1v) is 9.45. The van der Waals surface area contributed by atoms with E-state index in [9.17, 15) is 13.2 Å². The molecule has 0 aliphatic heterocycles. The van der Waals surface area contributed by atoms with Gasteiger partial charge >= 0.3 is 6.18 Å². The standard InChI is InChI=1S/C18H12Cl3F3N2O.CH3NO/c19-12-6-5-11(14(21)9-12)7-8-27-17-10-16(18(22,23)24)25-26(17)15-4-2-1-3-13(15)20;2-1-3/h1-6,9-10H,7-8H2;1H,(H2,2,3). The van der Waals surface area contributed by atoms with Gasteiger partial charge in [0.05, 0.1) is 17.3 Å². The van der Waals surface area contributed by atoms with Gasteiger partial charge in [-0.25, -0.2) is 0 Å². The summed E-state index contributed by atoms with van der Waals surface area (Å²) in [5, 5.41) is 4.81. The molecule has 0 radical (unpaired) electrons. The molecule has 3 aromatic rings. The normalized spacial score (nSPS) is 10.9. The van der Waals surface area contributed by atoms with Gasteiger partial charge < -0.3 is 10.5 Å². The van der Waals surface area contributed by atoms with E-state index in [0.717, 1.165) is 16.3 Å². The molecule has 1 aromatic heterocycles. The third-order valence-corrected chi connectivity index (χ3v) is 4.59. The monoisotopic (exact) mass is 479 g/mol. The van der Waals surface area contributed by atoms with Crippen molar-refractivity contribution in [2.75, 3.05) is 6.61 Å². The molecule has 5 nitrogen and oxygen atoms in total. The van der Waals surface area contributed by atoms with Gasteiger partial charge in [0.25, 0.3) is 0 Å². The number of para-hydroxylation sites is 1. The van der Waals surface area contributed by atoms with Gasteiger partial charge in [-0.05, 0) is 29.8 Å². The van der Waals surface area contributed by atoms with Crippen LogP contribution in [0.4, 0.5) is 13.2 Å². The number of halogens is 6. The molecule has 30 heavy (non-hydrogen) atoms. The van der Waals surface area contributed by atoms with E-state index in [-0.39, 0.29) is 29.6 Å². The van der Waals surface area contributed by atoms with Crippen molar-refractivity contribution in [3.63, 3.8) is 0 Å². The number of rotatable bonds is 5. The Kier molecular flexibility index (Phi) is 8.40. The Labute approximate surface area is 185 Å². The molecule has 160 valence electrons. The molecule has 2 N–H and O–H groups in total. The van der Waals surface area contributed by atoms with Crippen LogP contribution in [0.2, 0.25) is 15.1 Å². The first-order valence-electron chi connectivity index (χ1n) is 8.31. The molecular weight excluding hydrogens is 466 g/mol. The van der Waals surface area contributed by atoms with Crippen LogP contribution >= 0.6 is 34.8 Å². The summed E-state index contributed by atoms with van der Waals surface area (Å²) in [5.74, 6) is -0.0690. The first-order chi connectivity index (χ1) is 14.2. The Morgan fingerprint density at radius 1 is 1.07 bits per heavy atom. The van der Waals surface area contributed by atoms with Crippen LogP contribution in [0.15, 0.2) is 48.5 Å². The lowest BCUT2D eigenvalue weighted by atomic mass is 10.2. The van der Waals surface area contributed by atoms with Gasteiger partial charge in [-0.15, -0.1) is 0 Å². The number of benzene rings is 2. The highest BCUT2D eigenvalue weighted by Crippen LogP contribution is 2.33. The molecule has 0 aliphatic carbocycles. The fraction of sp³-hybridized carbons (Fsp3) is 0.158. The molecule has 0 bridgehead atoms. The van der Waals surface area contributed by atoms with Crippen molar-refractivity contribution in [3.8, 4) is 11.6 Å². The predicted molar refractivity (Wildman–Crippen MR) is 109 cm³/mol. The van der Waals surface area contributed by atoms with Crippen molar-refractivity contribution in [1.29, 1.82) is 0 Å². The number of alkyl halides is 3. The molecule has 0 spiro atoms. The average molecular weight is 481 g/mol. The zero-order valence-electron chi connectivity index (χ0n) is 15.2. The maximum absolute atomic E-state index is 13.1. The minimum atomic E-state index is -4.61. The second-order valence-electron chi connectivity index (χ2n) is 5.70. The molecule has 0 unspecified atom stereocenters. The molecule has 1 heterocycles. The molecule has 3 rings (SSSR count). The molecule has 1 amide bonds. The molecule has 0 saturated heterocycles. The zero-order valence-corrected chi connectivity index (χ0v) is 17.4. The van der Waals surface area contributed by atoms with Crippen LogP contribution in [0.1, 0.15) is 11.3 Å². The average Bonchev–Trinajstić information content (AvgIpc) is 3.09. The number of hydrogen-bond donors (Lipinski definition) is 1. The second kappa shape index (κ2) is 10.6. The Hall–Kier alpha value is -2.42. The summed E-state index contributed by atoms with van der Waals surface area (Å²) in [6.07, 6.45) is -3.98. The van der Waals surface area contributed by atoms with Gasteiger partial charge in [0, 0.05) is 22.5 Å². The number of primary amides is 1. The number of carbonyl (C=O) groups excluding carboxylic acids is 1. The topological polar surface area (TPSA) is 70.1 Å². The van der Waals surface area contributed by atoms with Gasteiger partial charge in [-0.3, -0.25) is 4.79 Å². The minimum absolute atomic E-state index is 0.0690. The number of nitrogens with zero attached hydrogens (tertiary/aromatic N) is 2. The summed E-state index contributed by atoms with van der Waals surface area (Å²) in [6, 6.07) is 12.3. The van der Waals surface area contributed by atoms with Crippen LogP contribution in [0.25, 0.3) is 5.69 Å². The van der Waals surface area contributed by atoms with Crippen molar-refractivity contribution in [2.45, 2.75) is 12.6 Å². The summed E-state index contributed by atoms with van der Waals surface area (Å²) in [4.78, 5) is 8.58. The molecule has 0 saturated carbocycles. The largest absolute Gasteiger partial charge is 0.477 e. The van der Waals surface area contributed by atoms with Gasteiger partial charge in [0.2, 0.25) is 12.3 Å². The molecule has 0 aliphatic rings. The first kappa shape index (κ1) is 23.9. The summed E-state index contributed by atoms with van der Waals surface area (Å²) in [6.45, 7) is 0.0921. The van der Waals surface area contributed by atoms with E-state index in [0.29, 0.717) is 16.5 Å². The number of ether oxygens (including phenoxy) is 1. The van der Waals surface area contributed by atoms with Crippen molar-refractivity contribution < 1.29 is 22.7 Å². The Bertz CT molecular complexity index is 1010. The predicted octanol–water partition coefficient (Wildman–Crippen LogP) is 5.57. The SMILES string of the molecule is FC(F)(F)c1cc(OCCc2ccc(Cl)cc2Cl)n(-c2ccccc2Cl)n1.NC=O. The van der Waals surface area contributed by atoms with E-state index in [4.69, 9.17) is 44.3 Å². The van der Waals surface area contributed by atoms with Crippen molar-refractivity contribution >= 4 is 41.2 Å². The Balaban J connectivity index is 0.00000101. The lowest BCUT2D eigenvalue weighted by Gasteiger charge is -2.11. The zero-order chi connectivity index (χ0) is 22.3. The second-order valence-corrected chi connectivity index (χ2v) is 6.95. The summed E-state index contributed by atoms with van der Waals surface area (Å²) < 4.78 is 45.8. The number of hydrogen-bond acceptors (Lipinski definition) is 3. The van der Waals surface area contributed by atoms with Crippen LogP contribution in [0, 0.1) is 0 Å². The summed E-state index contributed by atoms with van der Waals surface area (Å²) >= 11 is 18.0. The van der Waals surface area contributed by atoms with Crippen molar-refractivity contribution in [1.82, 2.24) is 9.78 Å². The van der Waals surface area contributed by atoms with Crippen LogP contribution in [0.5, 0.6) is 5.88 Å². The van der Waals surface area contributed by atoms with Crippen LogP contribution in [-0.2, 0) is 17.4 Å². The van der Waals surface area contributed by atoms with Crippen LogP contribution in [-0.4, -0.2) is 22.8 Å². The number of aromatic nitrogens is 2. The Morgan fingerprint density at radius 3 is 2.33 bits per heavy atom. The molecule has 11 heteroatoms. The van der Waals surface area contributed by atoms with Gasteiger partial charge in [0.1, 0.15) is 0 Å². The quantitative estimate of drug-likeness (QED) is 0.485. The highest BCUT2D eigenvalue weighted by molar-refractivity contribution is 6.35. The number of amides is 1. The van der Waals surface area contributed by atoms with Gasteiger partial charge in [-0.1, -0.05) is 53.0 Å². The highest BCUT2D eigenvalue weighted by Gasteiger charge is 2.35. The van der Waals surface area contributed by atoms with Gasteiger partial charge in [0.15, 0.2) is 5.69 Å². The third-order valence-electron chi connectivity index (χ3n) is 3.68. The molecule has 0 fully saturated rings. The van der Waals surface area contributed by atoms with Crippen molar-refractivity contribution in [2.24, 2.45) is 5.73 Å². The maximum Gasteiger partial charge on any atom is 0.435 e. The molecule has 2 aromatic carbocycles. The van der Waals surface area contributed by atoms with Gasteiger partial charge in [-0.2, -0.15) is 23.0 Å². The summed E-state index contributed by atoms with van der Waals surface area (Å²) in [7, 11) is 0. The Morgan fingerprint density at radius 2 is 1.73 bits per heavy atom. The van der Waals surface area contributed by atoms with E-state index in [1.54, 1.807) is 42.5 Å². The fourth-order valence-electron chi connectivity index (χ4n) is 2.39. The molecule has 0 atom stereocenters. The van der Waals surface area contributed by atoms with Crippen LogP contribution in [0.3, 0.4) is 0 Å². The number of carbonyl (C=O) groups is 1. The molecular formula is C19H15Cl3F3N3O2. The van der Waals surface area contributed by atoms with E-state index in [2.05, 4.69) is 10.8 Å². The van der Waals surface area contributed by atoms with E-state index in [1.165, 1.54) is 0 Å². The van der Waals surface area contributed by atoms with Crippen molar-refractivity contribution in [3.05, 3.63) is 74.9 Å². The lowest BCUT2D eigenvalue weighted by Crippen LogP contribution is -2.08. The minimum Gasteiger partial charge on any atom is -0.477 e. The third kappa shape index (κ3) is 6.29. The lowest BCUT2D eigenvalue weighted by molar-refractivity contribution is -0.141. The van der Waals surface area contributed by atoms with Crippen LogP contribution < -0.4 is 10.5 Å². The van der Waals surface area contributed by atoms with E-state index in [1.807, 2.05) is 0 Å².